The number of piperazine rings is 1. The SMILES string of the molecule is CCN1CCN(CCc2cc(Nc3[nH]nc4ncc(F)cc34)nc(-c3ccccc3Cl)n2)CC1. The number of H-pyrrole nitrogens is 1. The summed E-state index contributed by atoms with van der Waals surface area (Å²) in [5.74, 6) is 1.20. The third-order valence-corrected chi connectivity index (χ3v) is 6.45. The van der Waals surface area contributed by atoms with Crippen molar-refractivity contribution in [1.29, 1.82) is 0 Å². The standard InChI is InChI=1S/C24H26ClFN8/c1-2-33-9-11-34(12-10-33)8-7-17-14-21(29-23(28-17)18-5-3-4-6-20(18)25)30-24-19-13-16(26)15-27-22(19)31-32-24/h3-6,13-15H,2,7-12H2,1H3,(H2,27,28,29,30,31,32). The number of aromatic amines is 1. The van der Waals surface area contributed by atoms with Gasteiger partial charge in [-0.3, -0.25) is 5.10 Å². The molecule has 1 aliphatic rings. The first kappa shape index (κ1) is 22.6. The number of fused-ring (bicyclic) bond motifs is 1. The van der Waals surface area contributed by atoms with E-state index in [2.05, 4.69) is 37.2 Å². The Hall–Kier alpha value is -3.14. The maximum Gasteiger partial charge on any atom is 0.183 e. The molecule has 0 bridgehead atoms. The second-order valence-corrected chi connectivity index (χ2v) is 8.73. The van der Waals surface area contributed by atoms with Gasteiger partial charge in [-0.15, -0.1) is 0 Å². The molecule has 0 spiro atoms. The maximum absolute atomic E-state index is 13.8. The molecule has 10 heteroatoms. The van der Waals surface area contributed by atoms with Gasteiger partial charge in [-0.25, -0.2) is 19.3 Å². The zero-order valence-electron chi connectivity index (χ0n) is 18.9. The van der Waals surface area contributed by atoms with E-state index in [9.17, 15) is 4.39 Å². The molecule has 5 rings (SSSR count). The normalized spacial score (nSPS) is 15.1. The topological polar surface area (TPSA) is 85.9 Å². The zero-order chi connectivity index (χ0) is 23.5. The van der Waals surface area contributed by atoms with Gasteiger partial charge in [0.1, 0.15) is 17.5 Å². The van der Waals surface area contributed by atoms with Crippen molar-refractivity contribution in [3.8, 4) is 11.4 Å². The Bertz CT molecular complexity index is 1290. The number of rotatable bonds is 7. The Labute approximate surface area is 202 Å². The van der Waals surface area contributed by atoms with E-state index in [1.54, 1.807) is 0 Å². The lowest BCUT2D eigenvalue weighted by Gasteiger charge is -2.33. The van der Waals surface area contributed by atoms with E-state index >= 15 is 0 Å². The molecule has 1 fully saturated rings. The quantitative estimate of drug-likeness (QED) is 0.411. The summed E-state index contributed by atoms with van der Waals surface area (Å²) in [7, 11) is 0. The molecule has 176 valence electrons. The van der Waals surface area contributed by atoms with Crippen LogP contribution >= 0.6 is 11.6 Å². The van der Waals surface area contributed by atoms with Gasteiger partial charge in [0.2, 0.25) is 0 Å². The largest absolute Gasteiger partial charge is 0.325 e. The van der Waals surface area contributed by atoms with Crippen molar-refractivity contribution in [2.45, 2.75) is 13.3 Å². The van der Waals surface area contributed by atoms with Crippen LogP contribution in [0.5, 0.6) is 0 Å². The van der Waals surface area contributed by atoms with Gasteiger partial charge >= 0.3 is 0 Å². The van der Waals surface area contributed by atoms with Gasteiger partial charge in [0.15, 0.2) is 11.5 Å². The van der Waals surface area contributed by atoms with E-state index < -0.39 is 5.82 Å². The molecule has 34 heavy (non-hydrogen) atoms. The van der Waals surface area contributed by atoms with Crippen molar-refractivity contribution in [1.82, 2.24) is 34.9 Å². The van der Waals surface area contributed by atoms with E-state index in [4.69, 9.17) is 21.6 Å². The average Bonchev–Trinajstić information content (AvgIpc) is 3.25. The number of hydrogen-bond donors (Lipinski definition) is 2. The predicted molar refractivity (Wildman–Crippen MR) is 132 cm³/mol. The van der Waals surface area contributed by atoms with Crippen LogP contribution in [0.2, 0.25) is 5.02 Å². The van der Waals surface area contributed by atoms with Gasteiger partial charge in [-0.1, -0.05) is 30.7 Å². The van der Waals surface area contributed by atoms with Crippen LogP contribution in [0, 0.1) is 5.82 Å². The summed E-state index contributed by atoms with van der Waals surface area (Å²) >= 11 is 6.45. The van der Waals surface area contributed by atoms with Crippen LogP contribution in [-0.4, -0.2) is 74.2 Å². The Morgan fingerprint density at radius 2 is 1.88 bits per heavy atom. The van der Waals surface area contributed by atoms with Crippen molar-refractivity contribution in [2.24, 2.45) is 0 Å². The molecule has 0 aliphatic carbocycles. The summed E-state index contributed by atoms with van der Waals surface area (Å²) in [6.07, 6.45) is 1.92. The van der Waals surface area contributed by atoms with E-state index in [1.165, 1.54) is 6.07 Å². The molecule has 8 nitrogen and oxygen atoms in total. The highest BCUT2D eigenvalue weighted by atomic mass is 35.5. The first-order valence-electron chi connectivity index (χ1n) is 11.4. The summed E-state index contributed by atoms with van der Waals surface area (Å²) in [5.41, 5.74) is 2.09. The highest BCUT2D eigenvalue weighted by molar-refractivity contribution is 6.33. The van der Waals surface area contributed by atoms with Crippen molar-refractivity contribution in [3.63, 3.8) is 0 Å². The van der Waals surface area contributed by atoms with Crippen molar-refractivity contribution < 1.29 is 4.39 Å². The lowest BCUT2D eigenvalue weighted by molar-refractivity contribution is 0.138. The fraction of sp³-hybridized carbons (Fsp3) is 0.333. The predicted octanol–water partition coefficient (Wildman–Crippen LogP) is 4.13. The van der Waals surface area contributed by atoms with Gasteiger partial charge < -0.3 is 15.1 Å². The maximum atomic E-state index is 13.8. The van der Waals surface area contributed by atoms with E-state index in [1.807, 2.05) is 30.3 Å². The van der Waals surface area contributed by atoms with E-state index in [0.29, 0.717) is 33.5 Å². The highest BCUT2D eigenvalue weighted by Gasteiger charge is 2.17. The smallest absolute Gasteiger partial charge is 0.183 e. The Morgan fingerprint density at radius 3 is 2.68 bits per heavy atom. The Morgan fingerprint density at radius 1 is 1.09 bits per heavy atom. The van der Waals surface area contributed by atoms with E-state index in [0.717, 1.165) is 63.1 Å². The minimum Gasteiger partial charge on any atom is -0.325 e. The van der Waals surface area contributed by atoms with Crippen molar-refractivity contribution >= 4 is 34.3 Å². The van der Waals surface area contributed by atoms with Crippen molar-refractivity contribution in [2.75, 3.05) is 44.6 Å². The van der Waals surface area contributed by atoms with Gasteiger partial charge in [-0.2, -0.15) is 5.10 Å². The molecular weight excluding hydrogens is 455 g/mol. The molecule has 0 saturated carbocycles. The average molecular weight is 481 g/mol. The number of halogens is 2. The minimum absolute atomic E-state index is 0.427. The first-order valence-corrected chi connectivity index (χ1v) is 11.8. The minimum atomic E-state index is -0.430. The summed E-state index contributed by atoms with van der Waals surface area (Å²) < 4.78 is 13.8. The number of anilines is 2. The molecule has 2 N–H and O–H groups in total. The zero-order valence-corrected chi connectivity index (χ0v) is 19.7. The fourth-order valence-corrected chi connectivity index (χ4v) is 4.37. The molecule has 1 aliphatic heterocycles. The molecule has 0 unspecified atom stereocenters. The first-order chi connectivity index (χ1) is 16.6. The van der Waals surface area contributed by atoms with Gasteiger partial charge in [0, 0.05) is 56.5 Å². The van der Waals surface area contributed by atoms with Crippen LogP contribution in [0.1, 0.15) is 12.6 Å². The van der Waals surface area contributed by atoms with E-state index in [-0.39, 0.29) is 0 Å². The fourth-order valence-electron chi connectivity index (χ4n) is 4.15. The molecule has 0 atom stereocenters. The summed E-state index contributed by atoms with van der Waals surface area (Å²) in [5, 5.41) is 11.4. The van der Waals surface area contributed by atoms with Gasteiger partial charge in [0.25, 0.3) is 0 Å². The molecule has 3 aromatic heterocycles. The monoisotopic (exact) mass is 480 g/mol. The van der Waals surface area contributed by atoms with Crippen LogP contribution in [0.3, 0.4) is 0 Å². The third-order valence-electron chi connectivity index (χ3n) is 6.12. The lowest BCUT2D eigenvalue weighted by Crippen LogP contribution is -2.46. The number of nitrogens with zero attached hydrogens (tertiary/aromatic N) is 6. The molecule has 1 saturated heterocycles. The molecule has 4 heterocycles. The van der Waals surface area contributed by atoms with Crippen molar-refractivity contribution in [3.05, 3.63) is 59.1 Å². The molecule has 0 amide bonds. The van der Waals surface area contributed by atoms with Crippen LogP contribution in [0.15, 0.2) is 42.6 Å². The summed E-state index contributed by atoms with van der Waals surface area (Å²) in [6, 6.07) is 10.8. The van der Waals surface area contributed by atoms with Crippen LogP contribution in [0.4, 0.5) is 16.0 Å². The second kappa shape index (κ2) is 10.0. The number of pyridine rings is 1. The number of aromatic nitrogens is 5. The molecule has 0 radical (unpaired) electrons. The highest BCUT2D eigenvalue weighted by Crippen LogP contribution is 2.28. The number of likely N-dealkylation sites (N-methyl/N-ethyl adjacent to an activating group) is 1. The Kier molecular flexibility index (Phi) is 6.66. The van der Waals surface area contributed by atoms with Gasteiger partial charge in [-0.05, 0) is 24.7 Å². The molecular formula is C24H26ClFN8. The summed E-state index contributed by atoms with van der Waals surface area (Å²) in [4.78, 5) is 18.5. The van der Waals surface area contributed by atoms with Crippen LogP contribution in [-0.2, 0) is 6.42 Å². The third kappa shape index (κ3) is 5.01. The number of nitrogens with one attached hydrogen (secondary N) is 2. The molecule has 1 aromatic carbocycles. The second-order valence-electron chi connectivity index (χ2n) is 8.32. The Balaban J connectivity index is 1.43. The lowest BCUT2D eigenvalue weighted by atomic mass is 10.2. The number of benzene rings is 1. The van der Waals surface area contributed by atoms with Crippen LogP contribution < -0.4 is 5.32 Å². The van der Waals surface area contributed by atoms with Crippen LogP contribution in [0.25, 0.3) is 22.4 Å². The number of hydrogen-bond acceptors (Lipinski definition) is 7. The molecule has 4 aromatic rings. The summed E-state index contributed by atoms with van der Waals surface area (Å²) in [6.45, 7) is 8.51. The van der Waals surface area contributed by atoms with Gasteiger partial charge in [0.05, 0.1) is 16.6 Å².